The van der Waals surface area contributed by atoms with Crippen LogP contribution in [0.1, 0.15) is 74.8 Å². The Labute approximate surface area is 212 Å². The predicted molar refractivity (Wildman–Crippen MR) is 143 cm³/mol. The maximum absolute atomic E-state index is 12.9. The molecule has 0 saturated heterocycles. The highest BCUT2D eigenvalue weighted by Crippen LogP contribution is 2.50. The van der Waals surface area contributed by atoms with E-state index >= 15 is 0 Å². The molecule has 1 aliphatic carbocycles. The number of benzene rings is 1. The SMILES string of the molecule is CC(C)NC(=O)c1cnc(Nc2ccc3c(c2)CNCC32CC2)cc1Nc1ccnc(C(C)(C)C)n1. The molecule has 3 heterocycles. The van der Waals surface area contributed by atoms with Crippen LogP contribution in [0.3, 0.4) is 0 Å². The van der Waals surface area contributed by atoms with Crippen LogP contribution in [0, 0.1) is 0 Å². The van der Waals surface area contributed by atoms with Crippen molar-refractivity contribution in [1.29, 1.82) is 0 Å². The molecule has 1 fully saturated rings. The summed E-state index contributed by atoms with van der Waals surface area (Å²) in [5.41, 5.74) is 5.02. The van der Waals surface area contributed by atoms with Gasteiger partial charge in [0.2, 0.25) is 0 Å². The zero-order valence-corrected chi connectivity index (χ0v) is 21.7. The van der Waals surface area contributed by atoms with E-state index in [-0.39, 0.29) is 17.4 Å². The van der Waals surface area contributed by atoms with Crippen molar-refractivity contribution in [3.05, 3.63) is 65.2 Å². The van der Waals surface area contributed by atoms with E-state index in [1.54, 1.807) is 18.5 Å². The number of hydrogen-bond acceptors (Lipinski definition) is 7. The van der Waals surface area contributed by atoms with Gasteiger partial charge in [-0.15, -0.1) is 0 Å². The first kappa shape index (κ1) is 24.2. The molecule has 0 unspecified atom stereocenters. The van der Waals surface area contributed by atoms with Crippen molar-refractivity contribution in [1.82, 2.24) is 25.6 Å². The van der Waals surface area contributed by atoms with Gasteiger partial charge in [0.1, 0.15) is 17.5 Å². The fourth-order valence-electron chi connectivity index (χ4n) is 4.69. The number of anilines is 4. The lowest BCUT2D eigenvalue weighted by Crippen LogP contribution is -2.33. The zero-order chi connectivity index (χ0) is 25.5. The molecule has 2 aliphatic rings. The lowest BCUT2D eigenvalue weighted by Gasteiger charge is -2.26. The van der Waals surface area contributed by atoms with E-state index in [9.17, 15) is 4.79 Å². The topological polar surface area (TPSA) is 104 Å². The van der Waals surface area contributed by atoms with Gasteiger partial charge in [-0.1, -0.05) is 26.8 Å². The van der Waals surface area contributed by atoms with Gasteiger partial charge in [0, 0.05) is 54.1 Å². The Morgan fingerprint density at radius 3 is 2.58 bits per heavy atom. The highest BCUT2D eigenvalue weighted by molar-refractivity contribution is 6.00. The summed E-state index contributed by atoms with van der Waals surface area (Å²) >= 11 is 0. The summed E-state index contributed by atoms with van der Waals surface area (Å²) in [6, 6.07) is 10.2. The Hall–Kier alpha value is -3.52. The molecule has 8 nitrogen and oxygen atoms in total. The van der Waals surface area contributed by atoms with E-state index < -0.39 is 0 Å². The Morgan fingerprint density at radius 1 is 1.06 bits per heavy atom. The van der Waals surface area contributed by atoms with E-state index in [1.807, 2.05) is 19.9 Å². The molecular formula is C28H35N7O. The summed E-state index contributed by atoms with van der Waals surface area (Å²) in [6.45, 7) is 12.0. The van der Waals surface area contributed by atoms with Crippen LogP contribution in [0.25, 0.3) is 0 Å². The van der Waals surface area contributed by atoms with Crippen molar-refractivity contribution in [3.8, 4) is 0 Å². The molecule has 1 amide bonds. The number of nitrogens with zero attached hydrogens (tertiary/aromatic N) is 3. The third kappa shape index (κ3) is 5.04. The monoisotopic (exact) mass is 485 g/mol. The van der Waals surface area contributed by atoms with Gasteiger partial charge in [-0.05, 0) is 56.0 Å². The lowest BCUT2D eigenvalue weighted by molar-refractivity contribution is 0.0943. The molecule has 4 N–H and O–H groups in total. The first-order valence-electron chi connectivity index (χ1n) is 12.7. The van der Waals surface area contributed by atoms with Crippen LogP contribution in [0.5, 0.6) is 0 Å². The van der Waals surface area contributed by atoms with Gasteiger partial charge in [0.15, 0.2) is 0 Å². The first-order valence-corrected chi connectivity index (χ1v) is 12.7. The smallest absolute Gasteiger partial charge is 0.255 e. The Balaban J connectivity index is 1.44. The molecule has 1 aromatic carbocycles. The molecule has 0 bridgehead atoms. The number of carbonyl (C=O) groups excluding carboxylic acids is 1. The van der Waals surface area contributed by atoms with E-state index in [0.29, 0.717) is 28.3 Å². The van der Waals surface area contributed by atoms with Crippen LogP contribution >= 0.6 is 0 Å². The summed E-state index contributed by atoms with van der Waals surface area (Å²) in [5, 5.41) is 13.3. The number of nitrogens with one attached hydrogen (secondary N) is 4. The van der Waals surface area contributed by atoms with Crippen molar-refractivity contribution in [3.63, 3.8) is 0 Å². The Bertz CT molecular complexity index is 1290. The third-order valence-electron chi connectivity index (χ3n) is 6.74. The normalized spacial score (nSPS) is 15.9. The quantitative estimate of drug-likeness (QED) is 0.392. The van der Waals surface area contributed by atoms with Crippen LogP contribution in [0.15, 0.2) is 42.7 Å². The average molecular weight is 486 g/mol. The fourth-order valence-corrected chi connectivity index (χ4v) is 4.69. The molecule has 0 radical (unpaired) electrons. The number of carbonyl (C=O) groups is 1. The minimum Gasteiger partial charge on any atom is -0.350 e. The van der Waals surface area contributed by atoms with Crippen LogP contribution in [0.4, 0.5) is 23.0 Å². The molecule has 1 aliphatic heterocycles. The lowest BCUT2D eigenvalue weighted by atomic mass is 9.88. The molecule has 8 heteroatoms. The second-order valence-electron chi connectivity index (χ2n) is 11.3. The average Bonchev–Trinajstić information content (AvgIpc) is 3.58. The van der Waals surface area contributed by atoms with Gasteiger partial charge in [-0.25, -0.2) is 15.0 Å². The van der Waals surface area contributed by atoms with Crippen molar-refractivity contribution >= 4 is 28.9 Å². The number of amides is 1. The van der Waals surface area contributed by atoms with Gasteiger partial charge >= 0.3 is 0 Å². The summed E-state index contributed by atoms with van der Waals surface area (Å²) in [4.78, 5) is 26.6. The van der Waals surface area contributed by atoms with E-state index in [0.717, 1.165) is 24.6 Å². The molecule has 2 aromatic heterocycles. The summed E-state index contributed by atoms with van der Waals surface area (Å²) < 4.78 is 0. The predicted octanol–water partition coefficient (Wildman–Crippen LogP) is 4.93. The van der Waals surface area contributed by atoms with E-state index in [4.69, 9.17) is 0 Å². The minimum absolute atomic E-state index is 0.00793. The fraction of sp³-hybridized carbons (Fsp3) is 0.429. The second kappa shape index (κ2) is 9.17. The maximum Gasteiger partial charge on any atom is 0.255 e. The Kier molecular flexibility index (Phi) is 6.16. The first-order chi connectivity index (χ1) is 17.1. The molecule has 188 valence electrons. The maximum atomic E-state index is 12.9. The zero-order valence-electron chi connectivity index (χ0n) is 21.7. The van der Waals surface area contributed by atoms with Crippen LogP contribution in [-0.2, 0) is 17.4 Å². The minimum atomic E-state index is -0.194. The van der Waals surface area contributed by atoms with Crippen molar-refractivity contribution in [2.75, 3.05) is 17.2 Å². The molecule has 1 spiro atoms. The highest BCUT2D eigenvalue weighted by atomic mass is 16.1. The molecule has 1 saturated carbocycles. The van der Waals surface area contributed by atoms with Crippen LogP contribution < -0.4 is 21.3 Å². The standard InChI is InChI=1S/C28H35N7O/c1-17(2)32-25(36)20-15-31-24(13-22(20)34-23-8-11-30-26(35-23)27(3,4)5)33-19-6-7-21-18(12-19)14-29-16-28(21)9-10-28/h6-8,11-13,15,17,29H,9-10,14,16H2,1-5H3,(H,32,36)(H2,30,31,33,34,35). The van der Waals surface area contributed by atoms with E-state index in [1.165, 1.54) is 24.0 Å². The Morgan fingerprint density at radius 2 is 1.86 bits per heavy atom. The van der Waals surface area contributed by atoms with Crippen molar-refractivity contribution < 1.29 is 4.79 Å². The number of aromatic nitrogens is 3. The largest absolute Gasteiger partial charge is 0.350 e. The summed E-state index contributed by atoms with van der Waals surface area (Å²) in [5.74, 6) is 1.81. The third-order valence-corrected chi connectivity index (χ3v) is 6.74. The van der Waals surface area contributed by atoms with E-state index in [2.05, 4.69) is 75.2 Å². The van der Waals surface area contributed by atoms with Gasteiger partial charge in [-0.3, -0.25) is 4.79 Å². The number of hydrogen-bond donors (Lipinski definition) is 4. The van der Waals surface area contributed by atoms with Crippen LogP contribution in [0.2, 0.25) is 0 Å². The van der Waals surface area contributed by atoms with Gasteiger partial charge in [-0.2, -0.15) is 0 Å². The molecular weight excluding hydrogens is 450 g/mol. The van der Waals surface area contributed by atoms with Crippen LogP contribution in [-0.4, -0.2) is 33.4 Å². The summed E-state index contributed by atoms with van der Waals surface area (Å²) in [6.07, 6.45) is 5.86. The number of rotatable bonds is 6. The second-order valence-corrected chi connectivity index (χ2v) is 11.3. The van der Waals surface area contributed by atoms with Gasteiger partial charge < -0.3 is 21.3 Å². The molecule has 5 rings (SSSR count). The van der Waals surface area contributed by atoms with Crippen molar-refractivity contribution in [2.45, 2.75) is 70.9 Å². The number of fused-ring (bicyclic) bond motifs is 2. The van der Waals surface area contributed by atoms with Crippen molar-refractivity contribution in [2.24, 2.45) is 0 Å². The molecule has 0 atom stereocenters. The highest BCUT2D eigenvalue weighted by Gasteiger charge is 2.46. The van der Waals surface area contributed by atoms with Gasteiger partial charge in [0.25, 0.3) is 5.91 Å². The molecule has 36 heavy (non-hydrogen) atoms. The summed E-state index contributed by atoms with van der Waals surface area (Å²) in [7, 11) is 0. The molecule has 3 aromatic rings. The number of pyridine rings is 1. The van der Waals surface area contributed by atoms with Gasteiger partial charge in [0.05, 0.1) is 11.3 Å².